The molecule has 130 valence electrons. The lowest BCUT2D eigenvalue weighted by molar-refractivity contribution is 0.102. The van der Waals surface area contributed by atoms with Crippen molar-refractivity contribution in [2.24, 2.45) is 0 Å². The van der Waals surface area contributed by atoms with Gasteiger partial charge in [-0.05, 0) is 38.1 Å². The van der Waals surface area contributed by atoms with Crippen LogP contribution in [0.5, 0.6) is 23.0 Å². The lowest BCUT2D eigenvalue weighted by Crippen LogP contribution is -2.13. The third-order valence-electron chi connectivity index (χ3n) is 4.18. The van der Waals surface area contributed by atoms with Gasteiger partial charge in [-0.2, -0.15) is 0 Å². The predicted octanol–water partition coefficient (Wildman–Crippen LogP) is 3.39. The van der Waals surface area contributed by atoms with Crippen LogP contribution in [-0.2, 0) is 6.42 Å². The molecule has 1 N–H and O–H groups in total. The number of anilines is 1. The van der Waals surface area contributed by atoms with Crippen molar-refractivity contribution in [3.05, 3.63) is 41.5 Å². The van der Waals surface area contributed by atoms with Gasteiger partial charge in [0.15, 0.2) is 11.5 Å². The number of carbonyl (C=O) groups excluding carboxylic acids is 1. The minimum absolute atomic E-state index is 0.129. The monoisotopic (exact) mass is 341 g/mol. The number of amides is 1. The van der Waals surface area contributed by atoms with Crippen molar-refractivity contribution in [2.45, 2.75) is 26.4 Å². The van der Waals surface area contributed by atoms with E-state index in [9.17, 15) is 4.79 Å². The van der Waals surface area contributed by atoms with Crippen LogP contribution in [0.4, 0.5) is 5.69 Å². The number of rotatable bonds is 4. The molecule has 4 rings (SSSR count). The molecule has 1 amide bonds. The molecule has 0 radical (unpaired) electrons. The highest BCUT2D eigenvalue weighted by Crippen LogP contribution is 2.38. The second kappa shape index (κ2) is 6.20. The number of hydrogen-bond acceptors (Lipinski definition) is 5. The van der Waals surface area contributed by atoms with E-state index >= 15 is 0 Å². The molecule has 6 heteroatoms. The van der Waals surface area contributed by atoms with Crippen molar-refractivity contribution < 1.29 is 23.7 Å². The van der Waals surface area contributed by atoms with Crippen LogP contribution < -0.4 is 24.3 Å². The zero-order valence-corrected chi connectivity index (χ0v) is 14.1. The highest BCUT2D eigenvalue weighted by molar-refractivity contribution is 6.05. The van der Waals surface area contributed by atoms with Gasteiger partial charge in [0.25, 0.3) is 5.91 Å². The molecule has 1 atom stereocenters. The summed E-state index contributed by atoms with van der Waals surface area (Å²) in [6.45, 7) is 4.62. The van der Waals surface area contributed by atoms with Gasteiger partial charge in [-0.25, -0.2) is 0 Å². The summed E-state index contributed by atoms with van der Waals surface area (Å²) < 4.78 is 22.1. The lowest BCUT2D eigenvalue weighted by Gasteiger charge is -2.13. The number of ether oxygens (including phenoxy) is 4. The van der Waals surface area contributed by atoms with Crippen LogP contribution in [0, 0.1) is 0 Å². The van der Waals surface area contributed by atoms with E-state index in [0.717, 1.165) is 17.7 Å². The molecular weight excluding hydrogens is 322 g/mol. The van der Waals surface area contributed by atoms with Crippen molar-refractivity contribution in [1.29, 1.82) is 0 Å². The van der Waals surface area contributed by atoms with Crippen molar-refractivity contribution >= 4 is 11.6 Å². The Morgan fingerprint density at radius 1 is 1.20 bits per heavy atom. The van der Waals surface area contributed by atoms with Crippen LogP contribution in [-0.4, -0.2) is 25.4 Å². The second-order valence-electron chi connectivity index (χ2n) is 6.04. The highest BCUT2D eigenvalue weighted by Gasteiger charge is 2.23. The first-order valence-corrected chi connectivity index (χ1v) is 8.31. The Morgan fingerprint density at radius 2 is 2.04 bits per heavy atom. The summed E-state index contributed by atoms with van der Waals surface area (Å²) in [5.74, 6) is 2.41. The smallest absolute Gasteiger partial charge is 0.255 e. The van der Waals surface area contributed by atoms with Gasteiger partial charge in [0.05, 0.1) is 12.3 Å². The van der Waals surface area contributed by atoms with Crippen molar-refractivity contribution in [2.75, 3.05) is 18.7 Å². The summed E-state index contributed by atoms with van der Waals surface area (Å²) in [5, 5.41) is 2.91. The number of nitrogens with one attached hydrogen (secondary N) is 1. The highest BCUT2D eigenvalue weighted by atomic mass is 16.7. The molecule has 2 aromatic carbocycles. The van der Waals surface area contributed by atoms with E-state index in [4.69, 9.17) is 18.9 Å². The zero-order valence-electron chi connectivity index (χ0n) is 14.1. The van der Waals surface area contributed by atoms with Crippen LogP contribution >= 0.6 is 0 Å². The molecule has 0 aromatic heterocycles. The SMILES string of the molecule is CCOc1cc2c(cc1NC(=O)c1ccc3c(c1)OCO3)O[C@@H](C)C2. The van der Waals surface area contributed by atoms with Gasteiger partial charge in [0.2, 0.25) is 6.79 Å². The quantitative estimate of drug-likeness (QED) is 0.923. The van der Waals surface area contributed by atoms with Gasteiger partial charge in [0, 0.05) is 23.6 Å². The summed E-state index contributed by atoms with van der Waals surface area (Å²) in [4.78, 5) is 12.6. The third kappa shape index (κ3) is 2.95. The molecule has 6 nitrogen and oxygen atoms in total. The van der Waals surface area contributed by atoms with E-state index in [1.165, 1.54) is 0 Å². The minimum atomic E-state index is -0.245. The molecule has 2 aliphatic rings. The summed E-state index contributed by atoms with van der Waals surface area (Å²) in [5.41, 5.74) is 2.18. The molecule has 0 unspecified atom stereocenters. The molecule has 2 aliphatic heterocycles. The first-order chi connectivity index (χ1) is 12.1. The van der Waals surface area contributed by atoms with Gasteiger partial charge in [-0.1, -0.05) is 0 Å². The first-order valence-electron chi connectivity index (χ1n) is 8.31. The minimum Gasteiger partial charge on any atom is -0.492 e. The standard InChI is InChI=1S/C19H19NO5/c1-3-22-17-8-13-6-11(2)25-16(13)9-14(17)20-19(21)12-4-5-15-18(7-12)24-10-23-15/h4-5,7-9,11H,3,6,10H2,1-2H3,(H,20,21)/t11-/m0/s1. The maximum atomic E-state index is 12.6. The van der Waals surface area contributed by atoms with Gasteiger partial charge < -0.3 is 24.3 Å². The summed E-state index contributed by atoms with van der Waals surface area (Å²) >= 11 is 0. The molecule has 0 aliphatic carbocycles. The molecule has 0 saturated carbocycles. The Balaban J connectivity index is 1.61. The number of carbonyl (C=O) groups is 1. The van der Waals surface area contributed by atoms with Crippen molar-refractivity contribution in [1.82, 2.24) is 0 Å². The van der Waals surface area contributed by atoms with Gasteiger partial charge in [0.1, 0.15) is 17.6 Å². The second-order valence-corrected chi connectivity index (χ2v) is 6.04. The fraction of sp³-hybridized carbons (Fsp3) is 0.316. The van der Waals surface area contributed by atoms with Crippen LogP contribution in [0.3, 0.4) is 0 Å². The van der Waals surface area contributed by atoms with E-state index in [-0.39, 0.29) is 18.8 Å². The van der Waals surface area contributed by atoms with Gasteiger partial charge in [-0.3, -0.25) is 4.79 Å². The topological polar surface area (TPSA) is 66.0 Å². The Bertz CT molecular complexity index is 833. The van der Waals surface area contributed by atoms with Crippen LogP contribution in [0.25, 0.3) is 0 Å². The molecule has 0 bridgehead atoms. The summed E-state index contributed by atoms with van der Waals surface area (Å²) in [6.07, 6.45) is 0.968. The Hall–Kier alpha value is -2.89. The van der Waals surface area contributed by atoms with Crippen LogP contribution in [0.15, 0.2) is 30.3 Å². The van der Waals surface area contributed by atoms with E-state index in [1.54, 1.807) is 18.2 Å². The molecule has 0 spiro atoms. The number of fused-ring (bicyclic) bond motifs is 2. The van der Waals surface area contributed by atoms with Crippen molar-refractivity contribution in [3.8, 4) is 23.0 Å². The Labute approximate surface area is 145 Å². The molecule has 0 saturated heterocycles. The van der Waals surface area contributed by atoms with Crippen LogP contribution in [0.1, 0.15) is 29.8 Å². The summed E-state index contributed by atoms with van der Waals surface area (Å²) in [7, 11) is 0. The summed E-state index contributed by atoms with van der Waals surface area (Å²) in [6, 6.07) is 8.87. The predicted molar refractivity (Wildman–Crippen MR) is 91.9 cm³/mol. The first kappa shape index (κ1) is 15.6. The third-order valence-corrected chi connectivity index (χ3v) is 4.18. The van der Waals surface area contributed by atoms with Gasteiger partial charge >= 0.3 is 0 Å². The lowest BCUT2D eigenvalue weighted by atomic mass is 10.1. The molecule has 25 heavy (non-hydrogen) atoms. The zero-order chi connectivity index (χ0) is 17.4. The van der Waals surface area contributed by atoms with Crippen molar-refractivity contribution in [3.63, 3.8) is 0 Å². The van der Waals surface area contributed by atoms with E-state index < -0.39 is 0 Å². The van der Waals surface area contributed by atoms with E-state index in [0.29, 0.717) is 35.1 Å². The van der Waals surface area contributed by atoms with Crippen LogP contribution in [0.2, 0.25) is 0 Å². The number of benzene rings is 2. The van der Waals surface area contributed by atoms with Gasteiger partial charge in [-0.15, -0.1) is 0 Å². The fourth-order valence-electron chi connectivity index (χ4n) is 3.04. The molecule has 2 heterocycles. The Kier molecular flexibility index (Phi) is 3.87. The molecular formula is C19H19NO5. The van der Waals surface area contributed by atoms with E-state index in [1.807, 2.05) is 26.0 Å². The normalized spacial score (nSPS) is 17.0. The molecule has 0 fully saturated rings. The molecule has 2 aromatic rings. The maximum Gasteiger partial charge on any atom is 0.255 e. The average Bonchev–Trinajstić information content (AvgIpc) is 3.19. The van der Waals surface area contributed by atoms with E-state index in [2.05, 4.69) is 5.32 Å². The number of hydrogen-bond donors (Lipinski definition) is 1. The fourth-order valence-corrected chi connectivity index (χ4v) is 3.04. The Morgan fingerprint density at radius 3 is 2.88 bits per heavy atom. The largest absolute Gasteiger partial charge is 0.492 e. The maximum absolute atomic E-state index is 12.6. The average molecular weight is 341 g/mol.